The molecule has 2 N–H and O–H groups in total. The molecule has 2 rings (SSSR count). The lowest BCUT2D eigenvalue weighted by Gasteiger charge is -1.96. The van der Waals surface area contributed by atoms with Crippen molar-refractivity contribution in [3.63, 3.8) is 0 Å². The second-order valence-corrected chi connectivity index (χ2v) is 4.13. The van der Waals surface area contributed by atoms with Gasteiger partial charge < -0.3 is 10.4 Å². The highest BCUT2D eigenvalue weighted by atomic mass is 32.1. The van der Waals surface area contributed by atoms with Crippen LogP contribution in [0.3, 0.4) is 0 Å². The van der Waals surface area contributed by atoms with E-state index in [2.05, 4.69) is 10.3 Å². The maximum absolute atomic E-state index is 11.3. The molecule has 0 bridgehead atoms. The third-order valence-electron chi connectivity index (χ3n) is 1.89. The van der Waals surface area contributed by atoms with Gasteiger partial charge in [0.2, 0.25) is 5.91 Å². The van der Waals surface area contributed by atoms with Crippen molar-refractivity contribution in [2.45, 2.75) is 12.8 Å². The number of thiazole rings is 1. The van der Waals surface area contributed by atoms with Gasteiger partial charge in [-0.15, -0.1) is 0 Å². The molecule has 1 heterocycles. The minimum Gasteiger partial charge on any atom is -0.477 e. The Morgan fingerprint density at radius 2 is 2.29 bits per heavy atom. The van der Waals surface area contributed by atoms with Crippen LogP contribution in [0.1, 0.15) is 22.5 Å². The Bertz CT molecular complexity index is 384. The molecule has 1 amide bonds. The molecule has 74 valence electrons. The van der Waals surface area contributed by atoms with E-state index in [1.807, 2.05) is 0 Å². The number of hydrogen-bond donors (Lipinski definition) is 2. The Hall–Kier alpha value is -1.43. The van der Waals surface area contributed by atoms with Crippen molar-refractivity contribution < 1.29 is 14.7 Å². The number of carbonyl (C=O) groups is 2. The van der Waals surface area contributed by atoms with Gasteiger partial charge in [-0.25, -0.2) is 9.78 Å². The summed E-state index contributed by atoms with van der Waals surface area (Å²) in [7, 11) is 0. The second kappa shape index (κ2) is 3.38. The smallest absolute Gasteiger partial charge is 0.347 e. The van der Waals surface area contributed by atoms with Crippen LogP contribution in [-0.4, -0.2) is 22.0 Å². The second-order valence-electron chi connectivity index (χ2n) is 3.10. The standard InChI is InChI=1S/C8H8N2O3S/c11-6(4-1-2-4)10-8-9-3-5(14-8)7(12)13/h3-4H,1-2H2,(H,12,13)(H,9,10,11). The van der Waals surface area contributed by atoms with Gasteiger partial charge in [-0.05, 0) is 12.8 Å². The molecule has 0 atom stereocenters. The van der Waals surface area contributed by atoms with Gasteiger partial charge in [0.25, 0.3) is 0 Å². The minimum atomic E-state index is -1.02. The maximum atomic E-state index is 11.3. The number of anilines is 1. The van der Waals surface area contributed by atoms with Gasteiger partial charge in [-0.3, -0.25) is 4.79 Å². The van der Waals surface area contributed by atoms with Crippen molar-refractivity contribution >= 4 is 28.3 Å². The van der Waals surface area contributed by atoms with E-state index in [1.165, 1.54) is 6.20 Å². The number of rotatable bonds is 3. The summed E-state index contributed by atoms with van der Waals surface area (Å²) in [6, 6.07) is 0. The van der Waals surface area contributed by atoms with Crippen LogP contribution in [-0.2, 0) is 4.79 Å². The van der Waals surface area contributed by atoms with Crippen molar-refractivity contribution in [3.05, 3.63) is 11.1 Å². The molecule has 1 aliphatic carbocycles. The molecule has 5 nitrogen and oxygen atoms in total. The zero-order chi connectivity index (χ0) is 10.1. The van der Waals surface area contributed by atoms with Gasteiger partial charge in [0.1, 0.15) is 4.88 Å². The Morgan fingerprint density at radius 1 is 1.57 bits per heavy atom. The van der Waals surface area contributed by atoms with Crippen molar-refractivity contribution in [2.24, 2.45) is 5.92 Å². The Labute approximate surface area is 83.8 Å². The van der Waals surface area contributed by atoms with E-state index in [-0.39, 0.29) is 16.7 Å². The summed E-state index contributed by atoms with van der Waals surface area (Å²) in [6.45, 7) is 0. The fourth-order valence-electron chi connectivity index (χ4n) is 0.984. The van der Waals surface area contributed by atoms with Crippen LogP contribution in [0.15, 0.2) is 6.20 Å². The molecule has 0 saturated heterocycles. The van der Waals surface area contributed by atoms with E-state index in [0.717, 1.165) is 24.2 Å². The molecular weight excluding hydrogens is 204 g/mol. The van der Waals surface area contributed by atoms with Gasteiger partial charge in [-0.1, -0.05) is 11.3 Å². The summed E-state index contributed by atoms with van der Waals surface area (Å²) in [5.41, 5.74) is 0. The molecular formula is C8H8N2O3S. The third kappa shape index (κ3) is 1.90. The summed E-state index contributed by atoms with van der Waals surface area (Å²) < 4.78 is 0. The van der Waals surface area contributed by atoms with Gasteiger partial charge in [0.05, 0.1) is 6.20 Å². The quantitative estimate of drug-likeness (QED) is 0.788. The number of aromatic nitrogens is 1. The highest BCUT2D eigenvalue weighted by molar-refractivity contribution is 7.17. The van der Waals surface area contributed by atoms with Crippen molar-refractivity contribution in [1.82, 2.24) is 4.98 Å². The predicted molar refractivity (Wildman–Crippen MR) is 50.4 cm³/mol. The van der Waals surface area contributed by atoms with Crippen molar-refractivity contribution in [2.75, 3.05) is 5.32 Å². The first-order chi connectivity index (χ1) is 6.66. The number of aromatic carboxylic acids is 1. The largest absolute Gasteiger partial charge is 0.477 e. The van der Waals surface area contributed by atoms with E-state index >= 15 is 0 Å². The number of nitrogens with one attached hydrogen (secondary N) is 1. The Kier molecular flexibility index (Phi) is 2.20. The summed E-state index contributed by atoms with van der Waals surface area (Å²) in [6.07, 6.45) is 3.08. The molecule has 0 aromatic carbocycles. The van der Waals surface area contributed by atoms with Gasteiger partial charge in [0.15, 0.2) is 5.13 Å². The Balaban J connectivity index is 2.02. The first kappa shape index (κ1) is 9.14. The highest BCUT2D eigenvalue weighted by Gasteiger charge is 2.30. The van der Waals surface area contributed by atoms with Crippen LogP contribution in [0.5, 0.6) is 0 Å². The summed E-state index contributed by atoms with van der Waals surface area (Å²) in [5.74, 6) is -0.974. The molecule has 1 saturated carbocycles. The molecule has 0 radical (unpaired) electrons. The molecule has 14 heavy (non-hydrogen) atoms. The minimum absolute atomic E-state index is 0.0590. The van der Waals surface area contributed by atoms with Crippen LogP contribution in [0.4, 0.5) is 5.13 Å². The lowest BCUT2D eigenvalue weighted by atomic mass is 10.4. The molecule has 0 spiro atoms. The summed E-state index contributed by atoms with van der Waals surface area (Å²) >= 11 is 0.972. The lowest BCUT2D eigenvalue weighted by molar-refractivity contribution is -0.117. The van der Waals surface area contributed by atoms with E-state index in [1.54, 1.807) is 0 Å². The van der Waals surface area contributed by atoms with E-state index in [9.17, 15) is 9.59 Å². The number of carbonyl (C=O) groups excluding carboxylic acids is 1. The number of hydrogen-bond acceptors (Lipinski definition) is 4. The van der Waals surface area contributed by atoms with Crippen LogP contribution in [0.2, 0.25) is 0 Å². The molecule has 0 unspecified atom stereocenters. The first-order valence-corrected chi connectivity index (χ1v) is 4.98. The molecule has 1 aliphatic rings. The molecule has 6 heteroatoms. The average Bonchev–Trinajstić information content (AvgIpc) is 2.87. The monoisotopic (exact) mass is 212 g/mol. The average molecular weight is 212 g/mol. The van der Waals surface area contributed by atoms with E-state index in [4.69, 9.17) is 5.11 Å². The zero-order valence-electron chi connectivity index (χ0n) is 7.19. The van der Waals surface area contributed by atoms with Crippen LogP contribution in [0, 0.1) is 5.92 Å². The van der Waals surface area contributed by atoms with Crippen LogP contribution in [0.25, 0.3) is 0 Å². The highest BCUT2D eigenvalue weighted by Crippen LogP contribution is 2.30. The van der Waals surface area contributed by atoms with Crippen LogP contribution >= 0.6 is 11.3 Å². The van der Waals surface area contributed by atoms with E-state index in [0.29, 0.717) is 5.13 Å². The molecule has 1 aromatic rings. The van der Waals surface area contributed by atoms with Crippen molar-refractivity contribution in [1.29, 1.82) is 0 Å². The van der Waals surface area contributed by atoms with Crippen molar-refractivity contribution in [3.8, 4) is 0 Å². The number of carboxylic acids is 1. The summed E-state index contributed by atoms with van der Waals surface area (Å²) in [5, 5.41) is 11.6. The van der Waals surface area contributed by atoms with Gasteiger partial charge in [-0.2, -0.15) is 0 Å². The normalized spacial score (nSPS) is 15.1. The molecule has 1 fully saturated rings. The fraction of sp³-hybridized carbons (Fsp3) is 0.375. The Morgan fingerprint density at radius 3 is 2.79 bits per heavy atom. The number of amides is 1. The fourth-order valence-corrected chi connectivity index (χ4v) is 1.64. The number of nitrogens with zero attached hydrogens (tertiary/aromatic N) is 1. The third-order valence-corrected chi connectivity index (χ3v) is 2.80. The SMILES string of the molecule is O=C(O)c1cnc(NC(=O)C2CC2)s1. The maximum Gasteiger partial charge on any atom is 0.347 e. The van der Waals surface area contributed by atoms with Gasteiger partial charge in [0, 0.05) is 5.92 Å². The lowest BCUT2D eigenvalue weighted by Crippen LogP contribution is -2.12. The van der Waals surface area contributed by atoms with E-state index < -0.39 is 5.97 Å². The zero-order valence-corrected chi connectivity index (χ0v) is 8.00. The summed E-state index contributed by atoms with van der Waals surface area (Å²) in [4.78, 5) is 25.7. The first-order valence-electron chi connectivity index (χ1n) is 4.17. The van der Waals surface area contributed by atoms with Crippen LogP contribution < -0.4 is 5.32 Å². The number of carboxylic acid groups (broad SMARTS) is 1. The van der Waals surface area contributed by atoms with Gasteiger partial charge >= 0.3 is 5.97 Å². The molecule has 1 aromatic heterocycles. The predicted octanol–water partition coefficient (Wildman–Crippen LogP) is 1.19. The topological polar surface area (TPSA) is 79.3 Å². The molecule has 0 aliphatic heterocycles.